The van der Waals surface area contributed by atoms with Crippen LogP contribution in [0.2, 0.25) is 0 Å². The van der Waals surface area contributed by atoms with Crippen LogP contribution in [0, 0.1) is 0 Å². The van der Waals surface area contributed by atoms with E-state index in [1.165, 1.54) is 13.2 Å². The van der Waals surface area contributed by atoms with Gasteiger partial charge >= 0.3 is 0 Å². The van der Waals surface area contributed by atoms with Crippen LogP contribution in [0.5, 0.6) is 11.5 Å². The average molecular weight is 360 g/mol. The van der Waals surface area contributed by atoms with E-state index in [2.05, 4.69) is 5.10 Å². The normalized spacial score (nSPS) is 19.2. The fourth-order valence-corrected chi connectivity index (χ4v) is 4.52. The zero-order chi connectivity index (χ0) is 17.9. The average Bonchev–Trinajstić information content (AvgIpc) is 2.97. The number of ether oxygens (including phenoxy) is 1. The van der Waals surface area contributed by atoms with Crippen molar-refractivity contribution in [2.45, 2.75) is 12.5 Å². The lowest BCUT2D eigenvalue weighted by Crippen LogP contribution is -2.31. The Morgan fingerprint density at radius 3 is 2.64 bits per heavy atom. The van der Waals surface area contributed by atoms with Gasteiger partial charge in [0, 0.05) is 0 Å². The number of sulfone groups is 1. The van der Waals surface area contributed by atoms with Crippen LogP contribution in [-0.2, 0) is 9.84 Å². The quantitative estimate of drug-likeness (QED) is 0.654. The number of aromatic hydroxyl groups is 1. The summed E-state index contributed by atoms with van der Waals surface area (Å²) < 4.78 is 28.8. The van der Waals surface area contributed by atoms with Crippen molar-refractivity contribution in [1.29, 1.82) is 0 Å². The van der Waals surface area contributed by atoms with Gasteiger partial charge in [0.1, 0.15) is 0 Å². The molecule has 25 heavy (non-hydrogen) atoms. The van der Waals surface area contributed by atoms with Crippen molar-refractivity contribution in [3.8, 4) is 11.5 Å². The predicted octanol–water partition coefficient (Wildman–Crippen LogP) is 2.43. The Labute approximate surface area is 147 Å². The monoisotopic (exact) mass is 360 g/mol. The highest BCUT2D eigenvalue weighted by atomic mass is 32.2. The van der Waals surface area contributed by atoms with Crippen LogP contribution in [0.4, 0.5) is 5.69 Å². The molecule has 1 aliphatic rings. The minimum absolute atomic E-state index is 0.0569. The van der Waals surface area contributed by atoms with Gasteiger partial charge in [-0.05, 0) is 42.3 Å². The Hall–Kier alpha value is -2.54. The summed E-state index contributed by atoms with van der Waals surface area (Å²) in [6, 6.07) is 14.2. The molecule has 1 heterocycles. The molecule has 0 saturated carbocycles. The van der Waals surface area contributed by atoms with Gasteiger partial charge in [0.2, 0.25) is 0 Å². The molecule has 3 rings (SSSR count). The van der Waals surface area contributed by atoms with E-state index in [0.717, 1.165) is 11.3 Å². The van der Waals surface area contributed by atoms with Gasteiger partial charge < -0.3 is 9.84 Å². The number of nitrogens with zero attached hydrogens (tertiary/aromatic N) is 2. The number of hydrogen-bond donors (Lipinski definition) is 1. The van der Waals surface area contributed by atoms with Crippen molar-refractivity contribution in [2.75, 3.05) is 23.6 Å². The van der Waals surface area contributed by atoms with Crippen molar-refractivity contribution in [3.05, 3.63) is 54.1 Å². The lowest BCUT2D eigenvalue weighted by molar-refractivity contribution is 0.373. The number of phenols is 1. The van der Waals surface area contributed by atoms with E-state index in [-0.39, 0.29) is 23.3 Å². The van der Waals surface area contributed by atoms with Crippen molar-refractivity contribution < 1.29 is 18.3 Å². The van der Waals surface area contributed by atoms with E-state index in [1.807, 2.05) is 30.3 Å². The molecule has 6 nitrogen and oxygen atoms in total. The number of para-hydroxylation sites is 1. The van der Waals surface area contributed by atoms with Crippen molar-refractivity contribution in [3.63, 3.8) is 0 Å². The zero-order valence-electron chi connectivity index (χ0n) is 13.9. The van der Waals surface area contributed by atoms with E-state index in [9.17, 15) is 13.5 Å². The molecule has 0 aliphatic carbocycles. The number of rotatable bonds is 5. The largest absolute Gasteiger partial charge is 0.504 e. The van der Waals surface area contributed by atoms with Gasteiger partial charge in [-0.2, -0.15) is 5.10 Å². The summed E-state index contributed by atoms with van der Waals surface area (Å²) in [5.74, 6) is 0.696. The molecule has 1 saturated heterocycles. The smallest absolute Gasteiger partial charge is 0.161 e. The molecule has 1 atom stereocenters. The number of anilines is 1. The number of phenolic OH excluding ortho intramolecular Hbond substituents is 1. The Kier molecular flexibility index (Phi) is 4.94. The Bertz CT molecular complexity index is 866. The molecule has 0 spiro atoms. The third kappa shape index (κ3) is 4.11. The van der Waals surface area contributed by atoms with Crippen LogP contribution in [0.1, 0.15) is 12.0 Å². The highest BCUT2D eigenvalue weighted by Gasteiger charge is 2.32. The van der Waals surface area contributed by atoms with Gasteiger partial charge in [-0.15, -0.1) is 0 Å². The maximum absolute atomic E-state index is 11.8. The van der Waals surface area contributed by atoms with Crippen molar-refractivity contribution >= 4 is 21.7 Å². The van der Waals surface area contributed by atoms with Crippen LogP contribution in [0.3, 0.4) is 0 Å². The van der Waals surface area contributed by atoms with Crippen molar-refractivity contribution in [2.24, 2.45) is 5.10 Å². The molecular formula is C18H20N2O4S. The van der Waals surface area contributed by atoms with Gasteiger partial charge in [-0.3, -0.25) is 5.01 Å². The number of hydrogen-bond acceptors (Lipinski definition) is 6. The van der Waals surface area contributed by atoms with Gasteiger partial charge in [-0.25, -0.2) is 8.42 Å². The summed E-state index contributed by atoms with van der Waals surface area (Å²) >= 11 is 0. The third-order valence-corrected chi connectivity index (χ3v) is 5.86. The fourth-order valence-electron chi connectivity index (χ4n) is 2.82. The van der Waals surface area contributed by atoms with Gasteiger partial charge in [0.25, 0.3) is 0 Å². The second-order valence-corrected chi connectivity index (χ2v) is 8.14. The highest BCUT2D eigenvalue weighted by Crippen LogP contribution is 2.27. The van der Waals surface area contributed by atoms with Crippen LogP contribution in [0.25, 0.3) is 0 Å². The molecule has 1 aliphatic heterocycles. The number of hydrazone groups is 1. The second kappa shape index (κ2) is 7.14. The Morgan fingerprint density at radius 2 is 2.00 bits per heavy atom. The van der Waals surface area contributed by atoms with E-state index >= 15 is 0 Å². The topological polar surface area (TPSA) is 79.2 Å². The molecule has 132 valence electrons. The first-order valence-electron chi connectivity index (χ1n) is 7.94. The van der Waals surface area contributed by atoms with E-state index < -0.39 is 9.84 Å². The molecule has 1 fully saturated rings. The zero-order valence-corrected chi connectivity index (χ0v) is 14.7. The van der Waals surface area contributed by atoms with E-state index in [1.54, 1.807) is 23.4 Å². The molecule has 0 radical (unpaired) electrons. The molecule has 0 unspecified atom stereocenters. The van der Waals surface area contributed by atoms with Gasteiger partial charge in [0.15, 0.2) is 21.3 Å². The van der Waals surface area contributed by atoms with E-state index in [4.69, 9.17) is 4.74 Å². The Morgan fingerprint density at radius 1 is 1.24 bits per heavy atom. The first kappa shape index (κ1) is 17.3. The first-order valence-corrected chi connectivity index (χ1v) is 9.76. The number of benzene rings is 2. The van der Waals surface area contributed by atoms with Crippen LogP contribution in [-0.4, -0.2) is 44.4 Å². The summed E-state index contributed by atoms with van der Waals surface area (Å²) in [7, 11) is -1.53. The lowest BCUT2D eigenvalue weighted by atomic mass is 10.2. The summed E-state index contributed by atoms with van der Waals surface area (Å²) in [4.78, 5) is 0. The third-order valence-electron chi connectivity index (χ3n) is 4.11. The lowest BCUT2D eigenvalue weighted by Gasteiger charge is -2.25. The maximum atomic E-state index is 11.8. The molecule has 0 bridgehead atoms. The first-order chi connectivity index (χ1) is 12.0. The molecule has 2 aromatic rings. The SMILES string of the molecule is COc1cc(/C=N\N(c2ccccc2)[C@H]2CCS(=O)(=O)C2)ccc1O. The minimum Gasteiger partial charge on any atom is -0.504 e. The standard InChI is InChI=1S/C18H20N2O4S/c1-24-18-11-14(7-8-17(18)21)12-19-20(15-5-3-2-4-6-15)16-9-10-25(22,23)13-16/h2-8,11-12,16,21H,9-10,13H2,1H3/b19-12-/t16-/m0/s1. The molecule has 0 aromatic heterocycles. The van der Waals surface area contributed by atoms with Crippen molar-refractivity contribution in [1.82, 2.24) is 0 Å². The summed E-state index contributed by atoms with van der Waals surface area (Å²) in [5.41, 5.74) is 1.59. The number of methoxy groups -OCH3 is 1. The maximum Gasteiger partial charge on any atom is 0.161 e. The Balaban J connectivity index is 1.90. The van der Waals surface area contributed by atoms with Crippen LogP contribution in [0.15, 0.2) is 53.6 Å². The van der Waals surface area contributed by atoms with Crippen LogP contribution < -0.4 is 9.75 Å². The highest BCUT2D eigenvalue weighted by molar-refractivity contribution is 7.91. The molecular weight excluding hydrogens is 340 g/mol. The fraction of sp³-hybridized carbons (Fsp3) is 0.278. The molecule has 0 amide bonds. The predicted molar refractivity (Wildman–Crippen MR) is 98.2 cm³/mol. The molecule has 2 aromatic carbocycles. The second-order valence-electron chi connectivity index (χ2n) is 5.91. The van der Waals surface area contributed by atoms with Crippen LogP contribution >= 0.6 is 0 Å². The van der Waals surface area contributed by atoms with Gasteiger partial charge in [0.05, 0.1) is 36.6 Å². The van der Waals surface area contributed by atoms with Gasteiger partial charge in [-0.1, -0.05) is 18.2 Å². The molecule has 1 N–H and O–H groups in total. The minimum atomic E-state index is -3.02. The van der Waals surface area contributed by atoms with E-state index in [0.29, 0.717) is 12.2 Å². The summed E-state index contributed by atoms with van der Waals surface area (Å²) in [6.45, 7) is 0. The summed E-state index contributed by atoms with van der Waals surface area (Å²) in [6.07, 6.45) is 2.19. The molecule has 7 heteroatoms. The summed E-state index contributed by atoms with van der Waals surface area (Å²) in [5, 5.41) is 16.0.